The molecular formula is C34H41N7O. The van der Waals surface area contributed by atoms with Crippen molar-refractivity contribution in [3.8, 4) is 6.01 Å². The lowest BCUT2D eigenvalue weighted by Gasteiger charge is -2.34. The molecule has 6 heterocycles. The van der Waals surface area contributed by atoms with Gasteiger partial charge in [-0.3, -0.25) is 9.58 Å². The van der Waals surface area contributed by atoms with Crippen LogP contribution in [-0.2, 0) is 32.4 Å². The van der Waals surface area contributed by atoms with Crippen LogP contribution in [0.2, 0.25) is 0 Å². The lowest BCUT2D eigenvalue weighted by atomic mass is 9.95. The smallest absolute Gasteiger partial charge is 0.318 e. The van der Waals surface area contributed by atoms with Gasteiger partial charge in [0.05, 0.1) is 17.8 Å². The van der Waals surface area contributed by atoms with E-state index in [9.17, 15) is 0 Å². The van der Waals surface area contributed by atoms with E-state index in [-0.39, 0.29) is 5.54 Å². The fourth-order valence-corrected chi connectivity index (χ4v) is 8.10. The number of hydrogen-bond donors (Lipinski definition) is 1. The van der Waals surface area contributed by atoms with E-state index in [1.165, 1.54) is 72.1 Å². The van der Waals surface area contributed by atoms with Gasteiger partial charge in [0.2, 0.25) is 0 Å². The summed E-state index contributed by atoms with van der Waals surface area (Å²) in [6.07, 6.45) is 10.8. The normalized spacial score (nSPS) is 21.3. The van der Waals surface area contributed by atoms with E-state index in [1.807, 2.05) is 6.20 Å². The third kappa shape index (κ3) is 4.51. The molecule has 0 bridgehead atoms. The Bertz CT molecular complexity index is 1600. The molecule has 2 saturated heterocycles. The Kier molecular flexibility index (Phi) is 6.54. The Morgan fingerprint density at radius 3 is 2.71 bits per heavy atom. The molecule has 1 unspecified atom stereocenters. The number of aromatic nitrogens is 4. The number of fused-ring (bicyclic) bond motifs is 4. The number of nitrogens with zero attached hydrogens (tertiary/aromatic N) is 6. The monoisotopic (exact) mass is 563 g/mol. The maximum Gasteiger partial charge on any atom is 0.318 e. The maximum absolute atomic E-state index is 6.55. The van der Waals surface area contributed by atoms with Crippen LogP contribution in [0.4, 0.5) is 11.5 Å². The highest BCUT2D eigenvalue weighted by Gasteiger charge is 2.45. The van der Waals surface area contributed by atoms with Crippen LogP contribution in [0.25, 0.3) is 10.8 Å². The molecule has 0 aliphatic carbocycles. The molecule has 42 heavy (non-hydrogen) atoms. The molecule has 0 spiro atoms. The molecule has 0 amide bonds. The van der Waals surface area contributed by atoms with Gasteiger partial charge in [0.15, 0.2) is 0 Å². The van der Waals surface area contributed by atoms with Crippen molar-refractivity contribution in [1.82, 2.24) is 24.6 Å². The van der Waals surface area contributed by atoms with E-state index >= 15 is 0 Å². The third-order valence-electron chi connectivity index (χ3n) is 10.3. The minimum absolute atomic E-state index is 0.167. The number of hydrogen-bond acceptors (Lipinski definition) is 7. The first kappa shape index (κ1) is 26.0. The van der Waals surface area contributed by atoms with Crippen LogP contribution >= 0.6 is 0 Å². The highest BCUT2D eigenvalue weighted by molar-refractivity contribution is 5.97. The second kappa shape index (κ2) is 10.6. The van der Waals surface area contributed by atoms with Crippen molar-refractivity contribution in [3.05, 3.63) is 71.2 Å². The molecule has 0 saturated carbocycles. The fourth-order valence-electron chi connectivity index (χ4n) is 8.10. The van der Waals surface area contributed by atoms with E-state index in [0.29, 0.717) is 18.7 Å². The first-order valence-corrected chi connectivity index (χ1v) is 16.0. The lowest BCUT2D eigenvalue weighted by molar-refractivity contribution is 0.107. The molecule has 0 radical (unpaired) electrons. The maximum atomic E-state index is 6.55. The van der Waals surface area contributed by atoms with Gasteiger partial charge in [-0.2, -0.15) is 15.1 Å². The lowest BCUT2D eigenvalue weighted by Crippen LogP contribution is -2.43. The first-order valence-electron chi connectivity index (χ1n) is 16.0. The van der Waals surface area contributed by atoms with E-state index in [2.05, 4.69) is 74.3 Å². The predicted molar refractivity (Wildman–Crippen MR) is 166 cm³/mol. The summed E-state index contributed by atoms with van der Waals surface area (Å²) in [6, 6.07) is 16.4. The quantitative estimate of drug-likeness (QED) is 0.324. The van der Waals surface area contributed by atoms with Crippen molar-refractivity contribution in [3.63, 3.8) is 0 Å². The summed E-state index contributed by atoms with van der Waals surface area (Å²) in [5, 5.41) is 11.0. The standard InChI is InChI=1S/C34H41N7O/c1-2-24-7-3-8-25-9-4-10-30(31(24)25)39-19-13-28-29(22-39)37-33(42-23-34-14-5-17-40(34)18-6-15-34)38-32(28)36-26-12-20-41-27(21-26)11-16-35-41/h3-4,7-11,16,26H,2,5-6,12-15,17-23H2,1H3,(H,36,37,38). The molecule has 4 aromatic rings. The van der Waals surface area contributed by atoms with E-state index in [1.54, 1.807) is 0 Å². The van der Waals surface area contributed by atoms with Gasteiger partial charge >= 0.3 is 6.01 Å². The zero-order valence-electron chi connectivity index (χ0n) is 24.7. The van der Waals surface area contributed by atoms with Crippen molar-refractivity contribution >= 4 is 22.3 Å². The molecule has 1 N–H and O–H groups in total. The van der Waals surface area contributed by atoms with Crippen LogP contribution in [-0.4, -0.2) is 62.5 Å². The first-order chi connectivity index (χ1) is 20.7. The number of rotatable bonds is 7. The zero-order valence-corrected chi connectivity index (χ0v) is 24.7. The molecule has 8 heteroatoms. The second-order valence-electron chi connectivity index (χ2n) is 12.7. The molecule has 2 aromatic carbocycles. The second-order valence-corrected chi connectivity index (χ2v) is 12.7. The van der Waals surface area contributed by atoms with Crippen LogP contribution in [0, 0.1) is 0 Å². The number of nitrogens with one attached hydrogen (secondary N) is 1. The molecule has 8 rings (SSSR count). The van der Waals surface area contributed by atoms with Gasteiger partial charge in [-0.05, 0) is 81.1 Å². The minimum Gasteiger partial charge on any atom is -0.461 e. The summed E-state index contributed by atoms with van der Waals surface area (Å²) in [7, 11) is 0. The van der Waals surface area contributed by atoms with Crippen molar-refractivity contribution in [2.24, 2.45) is 0 Å². The SMILES string of the molecule is CCc1cccc2cccc(N3CCc4c(nc(OCC56CCCN5CCC6)nc4NC4CCn5nccc5C4)C3)c12. The van der Waals surface area contributed by atoms with E-state index in [4.69, 9.17) is 14.7 Å². The molecular weight excluding hydrogens is 522 g/mol. The summed E-state index contributed by atoms with van der Waals surface area (Å²) in [5.74, 6) is 0.965. The molecule has 4 aliphatic rings. The number of anilines is 2. The Morgan fingerprint density at radius 2 is 1.86 bits per heavy atom. The average Bonchev–Trinajstić information content (AvgIpc) is 3.75. The van der Waals surface area contributed by atoms with Crippen molar-refractivity contribution in [2.45, 2.75) is 83.0 Å². The van der Waals surface area contributed by atoms with Crippen LogP contribution in [0.1, 0.15) is 61.5 Å². The van der Waals surface area contributed by atoms with Gasteiger partial charge in [0.25, 0.3) is 0 Å². The summed E-state index contributed by atoms with van der Waals surface area (Å²) in [4.78, 5) is 15.3. The Balaban J connectivity index is 1.12. The third-order valence-corrected chi connectivity index (χ3v) is 10.3. The average molecular weight is 564 g/mol. The summed E-state index contributed by atoms with van der Waals surface area (Å²) in [6.45, 7) is 7.95. The largest absolute Gasteiger partial charge is 0.461 e. The number of ether oxygens (including phenoxy) is 1. The fraction of sp³-hybridized carbons (Fsp3) is 0.500. The number of aryl methyl sites for hydroxylation is 2. The molecule has 1 atom stereocenters. The van der Waals surface area contributed by atoms with Gasteiger partial charge in [-0.1, -0.05) is 37.3 Å². The van der Waals surface area contributed by atoms with Gasteiger partial charge in [-0.25, -0.2) is 0 Å². The highest BCUT2D eigenvalue weighted by Crippen LogP contribution is 2.40. The van der Waals surface area contributed by atoms with Crippen molar-refractivity contribution in [1.29, 1.82) is 0 Å². The molecule has 4 aliphatic heterocycles. The number of benzene rings is 2. The topological polar surface area (TPSA) is 71.3 Å². The molecule has 2 aromatic heterocycles. The van der Waals surface area contributed by atoms with E-state index < -0.39 is 0 Å². The minimum atomic E-state index is 0.167. The zero-order chi connectivity index (χ0) is 28.1. The summed E-state index contributed by atoms with van der Waals surface area (Å²) in [5.41, 5.74) is 6.49. The van der Waals surface area contributed by atoms with Crippen LogP contribution < -0.4 is 15.0 Å². The summed E-state index contributed by atoms with van der Waals surface area (Å²) >= 11 is 0. The van der Waals surface area contributed by atoms with E-state index in [0.717, 1.165) is 56.8 Å². The molecule has 218 valence electrons. The van der Waals surface area contributed by atoms with Crippen LogP contribution in [0.15, 0.2) is 48.7 Å². The predicted octanol–water partition coefficient (Wildman–Crippen LogP) is 5.39. The molecule has 2 fully saturated rings. The summed E-state index contributed by atoms with van der Waals surface area (Å²) < 4.78 is 8.67. The Morgan fingerprint density at radius 1 is 1.00 bits per heavy atom. The van der Waals surface area contributed by atoms with Crippen LogP contribution in [0.3, 0.4) is 0 Å². The molecule has 8 nitrogen and oxygen atoms in total. The van der Waals surface area contributed by atoms with Gasteiger partial charge in [-0.15, -0.1) is 0 Å². The van der Waals surface area contributed by atoms with Crippen molar-refractivity contribution < 1.29 is 4.74 Å². The van der Waals surface area contributed by atoms with Crippen molar-refractivity contribution in [2.75, 3.05) is 36.5 Å². The Hall–Kier alpha value is -3.65. The van der Waals surface area contributed by atoms with Crippen LogP contribution in [0.5, 0.6) is 6.01 Å². The van der Waals surface area contributed by atoms with Gasteiger partial charge < -0.3 is 15.0 Å². The van der Waals surface area contributed by atoms with Gasteiger partial charge in [0.1, 0.15) is 12.4 Å². The highest BCUT2D eigenvalue weighted by atomic mass is 16.5. The van der Waals surface area contributed by atoms with Gasteiger partial charge in [0, 0.05) is 54.1 Å². The Labute approximate surface area is 248 Å².